The third kappa shape index (κ3) is 21.6. The van der Waals surface area contributed by atoms with Gasteiger partial charge in [0, 0.05) is 66.2 Å². The van der Waals surface area contributed by atoms with Crippen LogP contribution in [0.5, 0.6) is 0 Å². The van der Waals surface area contributed by atoms with Crippen LogP contribution in [0.15, 0.2) is 0 Å². The average molecular weight is 364 g/mol. The van der Waals surface area contributed by atoms with Gasteiger partial charge in [-0.3, -0.25) is 0 Å². The van der Waals surface area contributed by atoms with Crippen LogP contribution in [0.2, 0.25) is 0 Å². The Labute approximate surface area is 75.5 Å². The van der Waals surface area contributed by atoms with Crippen molar-refractivity contribution < 1.29 is 55.2 Å². The van der Waals surface area contributed by atoms with Gasteiger partial charge in [0.25, 0.3) is 0 Å². The van der Waals surface area contributed by atoms with Crippen molar-refractivity contribution in [2.75, 3.05) is 0 Å². The van der Waals surface area contributed by atoms with Crippen LogP contribution in [0.25, 0.3) is 0 Å². The Morgan fingerprint density at radius 2 is 1.00 bits per heavy atom. The quantitative estimate of drug-likeness (QED) is 0.408. The first-order valence-electron chi connectivity index (χ1n) is 0. The molecule has 0 rings (SSSR count). The van der Waals surface area contributed by atoms with E-state index in [-0.39, 0.29) is 76.1 Å². The Bertz CT molecular complexity index is 11.6. The second-order valence-electron chi connectivity index (χ2n) is 0. The second kappa shape index (κ2) is 32.7. The fourth-order valence-electron chi connectivity index (χ4n) is 0. The van der Waals surface area contributed by atoms with E-state index in [2.05, 4.69) is 0 Å². The molecule has 0 aromatic heterocycles. The van der Waals surface area contributed by atoms with Crippen molar-refractivity contribution in [1.29, 1.82) is 0 Å². The molecule has 0 aliphatic carbocycles. The molecule has 5 heteroatoms. The summed E-state index contributed by atoms with van der Waals surface area (Å²) in [6.07, 6.45) is 0. The van der Waals surface area contributed by atoms with E-state index in [0.717, 1.165) is 0 Å². The predicted octanol–water partition coefficient (Wildman–Crippen LogP) is -0.330. The van der Waals surface area contributed by atoms with E-state index in [1.807, 2.05) is 0 Å². The summed E-state index contributed by atoms with van der Waals surface area (Å²) in [7, 11) is 0. The molecule has 0 amide bonds. The molecular weight excluding hydrogens is 361 g/mol. The van der Waals surface area contributed by atoms with Gasteiger partial charge < -0.3 is 0 Å². The summed E-state index contributed by atoms with van der Waals surface area (Å²) in [5, 5.41) is 0. The van der Waals surface area contributed by atoms with E-state index in [4.69, 9.17) is 0 Å². The normalized spacial score (nSPS) is 0. The minimum atomic E-state index is 0. The minimum absolute atomic E-state index is 0. The molecule has 0 N–H and O–H groups in total. The van der Waals surface area contributed by atoms with Gasteiger partial charge in [0.05, 0.1) is 0 Å². The molecule has 0 aromatic carbocycles. The largest absolute Gasteiger partial charge is 0.153 e. The molecule has 6 radical (unpaired) electrons. The van der Waals surface area contributed by atoms with Crippen molar-refractivity contribution in [3.63, 3.8) is 0 Å². The van der Waals surface area contributed by atoms with Gasteiger partial charge in [-0.25, -0.2) is 0 Å². The van der Waals surface area contributed by atoms with Gasteiger partial charge in [0.15, 0.2) is 0 Å². The van der Waals surface area contributed by atoms with Crippen LogP contribution < -0.4 is 0 Å². The van der Waals surface area contributed by atoms with Crippen LogP contribution in [0.4, 0.5) is 0 Å². The van der Waals surface area contributed by atoms with Crippen molar-refractivity contribution >= 4 is 20.9 Å². The maximum Gasteiger partial charge on any atom is 0 e. The minimum Gasteiger partial charge on any atom is -0.153 e. The van der Waals surface area contributed by atoms with Crippen molar-refractivity contribution in [3.05, 3.63) is 0 Å². The molecule has 0 nitrogen and oxygen atoms in total. The molecule has 1 unspecified atom stereocenters. The maximum atomic E-state index is 0. The molecule has 0 aromatic rings. The van der Waals surface area contributed by atoms with Crippen molar-refractivity contribution in [3.8, 4) is 0 Å². The van der Waals surface area contributed by atoms with Gasteiger partial charge in [0.1, 0.15) is 0 Å². The van der Waals surface area contributed by atoms with Gasteiger partial charge in [-0.15, -0.1) is 0 Å². The summed E-state index contributed by atoms with van der Waals surface area (Å²) in [6.45, 7) is 0. The molecule has 1 atom stereocenters. The van der Waals surface area contributed by atoms with E-state index < -0.39 is 0 Å². The Hall–Kier alpha value is 2.37. The molecule has 0 aliphatic heterocycles. The SMILES string of the molecule is P.[Cu].[Mn].[Si].[W]. The molecule has 0 fully saturated rings. The first kappa shape index (κ1) is 53.2. The Kier molecular flexibility index (Phi) is 347. The number of rotatable bonds is 0. The second-order valence-corrected chi connectivity index (χ2v) is 0. The molecule has 0 saturated carbocycles. The fourth-order valence-corrected chi connectivity index (χ4v) is 0. The summed E-state index contributed by atoms with van der Waals surface area (Å²) in [5.74, 6) is 0. The topological polar surface area (TPSA) is 0 Å². The predicted molar refractivity (Wildman–Crippen MR) is 16.9 cm³/mol. The number of hydrogen-bond acceptors (Lipinski definition) is 0. The van der Waals surface area contributed by atoms with E-state index in [9.17, 15) is 0 Å². The average Bonchev–Trinajstić information content (AvgIpc) is 0. The zero-order chi connectivity index (χ0) is 0. The van der Waals surface area contributed by atoms with Crippen LogP contribution in [0.3, 0.4) is 0 Å². The molecule has 36 valence electrons. The van der Waals surface area contributed by atoms with Gasteiger partial charge in [-0.2, -0.15) is 9.90 Å². The van der Waals surface area contributed by atoms with Crippen LogP contribution >= 0.6 is 9.90 Å². The van der Waals surface area contributed by atoms with Crippen molar-refractivity contribution in [2.24, 2.45) is 0 Å². The standard InChI is InChI=1S/Cu.Mn.H3P.Si.W/h;;1H3;;. The van der Waals surface area contributed by atoms with Gasteiger partial charge in [-0.05, 0) is 0 Å². The van der Waals surface area contributed by atoms with Gasteiger partial charge in [0.2, 0.25) is 0 Å². The zero-order valence-corrected chi connectivity index (χ0v) is 9.76. The first-order valence-corrected chi connectivity index (χ1v) is 0. The van der Waals surface area contributed by atoms with Crippen LogP contribution in [0.1, 0.15) is 0 Å². The molecule has 0 spiro atoms. The molecule has 0 saturated heterocycles. The fraction of sp³-hybridized carbons (Fsp3) is 0. The molecule has 0 bridgehead atoms. The van der Waals surface area contributed by atoms with Gasteiger partial charge in [-0.1, -0.05) is 0 Å². The molecule has 0 aliphatic rings. The van der Waals surface area contributed by atoms with E-state index in [0.29, 0.717) is 0 Å². The van der Waals surface area contributed by atoms with Crippen LogP contribution in [0, 0.1) is 0 Å². The smallest absolute Gasteiger partial charge is 0 e. The maximum absolute atomic E-state index is 0. The van der Waals surface area contributed by atoms with E-state index >= 15 is 0 Å². The summed E-state index contributed by atoms with van der Waals surface area (Å²) >= 11 is 0. The molecular formula is H3CuMnPSiW. The third-order valence-electron chi connectivity index (χ3n) is 0. The van der Waals surface area contributed by atoms with Crippen LogP contribution in [-0.2, 0) is 55.2 Å². The molecule has 0 heterocycles. The Morgan fingerprint density at radius 3 is 1.00 bits per heavy atom. The van der Waals surface area contributed by atoms with Crippen molar-refractivity contribution in [1.82, 2.24) is 0 Å². The summed E-state index contributed by atoms with van der Waals surface area (Å²) in [6, 6.07) is 0. The zero-order valence-electron chi connectivity index (χ0n) is 2.29. The summed E-state index contributed by atoms with van der Waals surface area (Å²) < 4.78 is 0. The van der Waals surface area contributed by atoms with Gasteiger partial charge >= 0.3 is 0 Å². The number of hydrogen-bond donors (Lipinski definition) is 0. The van der Waals surface area contributed by atoms with E-state index in [1.165, 1.54) is 0 Å². The third-order valence-corrected chi connectivity index (χ3v) is 0. The van der Waals surface area contributed by atoms with Crippen LogP contribution in [-0.4, -0.2) is 11.0 Å². The summed E-state index contributed by atoms with van der Waals surface area (Å²) in [4.78, 5) is 0. The Morgan fingerprint density at radius 1 is 1.00 bits per heavy atom. The van der Waals surface area contributed by atoms with E-state index in [1.54, 1.807) is 0 Å². The first-order chi connectivity index (χ1) is 0. The Balaban J connectivity index is 0. The summed E-state index contributed by atoms with van der Waals surface area (Å²) in [5.41, 5.74) is 0. The molecule has 5 heavy (non-hydrogen) atoms. The van der Waals surface area contributed by atoms with Crippen molar-refractivity contribution in [2.45, 2.75) is 0 Å². The monoisotopic (exact) mass is 364 g/mol.